The van der Waals surface area contributed by atoms with Gasteiger partial charge in [0.2, 0.25) is 0 Å². The first-order valence-electron chi connectivity index (χ1n) is 8.32. The van der Waals surface area contributed by atoms with Gasteiger partial charge in [-0.05, 0) is 47.6 Å². The molecule has 6 nitrogen and oxygen atoms in total. The molecule has 0 fully saturated rings. The lowest BCUT2D eigenvalue weighted by atomic mass is 10.1. The molecule has 0 spiro atoms. The van der Waals surface area contributed by atoms with Crippen molar-refractivity contribution in [1.82, 2.24) is 10.1 Å². The van der Waals surface area contributed by atoms with Crippen molar-refractivity contribution in [2.75, 3.05) is 0 Å². The number of nitrogens with zero attached hydrogens (tertiary/aromatic N) is 2. The van der Waals surface area contributed by atoms with Crippen molar-refractivity contribution in [2.24, 2.45) is 0 Å². The molecule has 0 aliphatic rings. The maximum absolute atomic E-state index is 9.27. The first-order valence-corrected chi connectivity index (χ1v) is 8.32. The lowest BCUT2D eigenvalue weighted by molar-refractivity contribution is 0.300. The Labute approximate surface area is 155 Å². The zero-order chi connectivity index (χ0) is 18.5. The summed E-state index contributed by atoms with van der Waals surface area (Å²) in [6.45, 7) is 0.360. The maximum atomic E-state index is 9.27. The van der Waals surface area contributed by atoms with Crippen molar-refractivity contribution in [1.29, 1.82) is 0 Å². The van der Waals surface area contributed by atoms with Gasteiger partial charge in [-0.3, -0.25) is 4.98 Å². The van der Waals surface area contributed by atoms with Crippen molar-refractivity contribution >= 4 is 0 Å². The number of pyridine rings is 1. The molecule has 6 heteroatoms. The van der Waals surface area contributed by atoms with Crippen LogP contribution in [0.3, 0.4) is 0 Å². The Morgan fingerprint density at radius 3 is 2.52 bits per heavy atom. The Kier molecular flexibility index (Phi) is 4.70. The fourth-order valence-electron chi connectivity index (χ4n) is 2.54. The number of rotatable bonds is 6. The van der Waals surface area contributed by atoms with Crippen molar-refractivity contribution in [2.45, 2.75) is 6.61 Å². The van der Waals surface area contributed by atoms with Gasteiger partial charge < -0.3 is 19.1 Å². The number of para-hydroxylation sites is 1. The highest BCUT2D eigenvalue weighted by molar-refractivity contribution is 5.59. The van der Waals surface area contributed by atoms with E-state index in [-0.39, 0.29) is 5.88 Å². The van der Waals surface area contributed by atoms with E-state index < -0.39 is 0 Å². The van der Waals surface area contributed by atoms with Crippen LogP contribution < -0.4 is 9.47 Å². The number of aromatic nitrogens is 2. The summed E-state index contributed by atoms with van der Waals surface area (Å²) >= 11 is 0. The lowest BCUT2D eigenvalue weighted by Crippen LogP contribution is -1.98. The molecule has 0 unspecified atom stereocenters. The van der Waals surface area contributed by atoms with E-state index in [0.29, 0.717) is 23.9 Å². The molecule has 0 saturated carbocycles. The molecule has 1 N–H and O–H groups in total. The minimum atomic E-state index is -0.143. The third-order valence-corrected chi connectivity index (χ3v) is 3.87. The van der Waals surface area contributed by atoms with E-state index in [2.05, 4.69) is 10.1 Å². The maximum Gasteiger partial charge on any atom is 0.252 e. The molecule has 0 saturated heterocycles. The number of hydrogen-bond donors (Lipinski definition) is 1. The Bertz CT molecular complexity index is 1010. The number of hydrogen-bond acceptors (Lipinski definition) is 6. The zero-order valence-corrected chi connectivity index (χ0v) is 14.3. The second-order valence-electron chi connectivity index (χ2n) is 5.76. The Morgan fingerprint density at radius 2 is 1.78 bits per heavy atom. The average Bonchev–Trinajstić information content (AvgIpc) is 3.15. The molecule has 0 amide bonds. The summed E-state index contributed by atoms with van der Waals surface area (Å²) < 4.78 is 16.8. The van der Waals surface area contributed by atoms with Crippen LogP contribution in [0.15, 0.2) is 83.6 Å². The second kappa shape index (κ2) is 7.61. The predicted molar refractivity (Wildman–Crippen MR) is 98.7 cm³/mol. The smallest absolute Gasteiger partial charge is 0.252 e. The van der Waals surface area contributed by atoms with Gasteiger partial charge in [-0.15, -0.1) is 0 Å². The number of benzene rings is 2. The Balaban J connectivity index is 1.44. The third-order valence-electron chi connectivity index (χ3n) is 3.87. The highest BCUT2D eigenvalue weighted by Gasteiger charge is 2.08. The van der Waals surface area contributed by atoms with Gasteiger partial charge in [0.1, 0.15) is 23.9 Å². The van der Waals surface area contributed by atoms with Gasteiger partial charge in [0, 0.05) is 23.4 Å². The van der Waals surface area contributed by atoms with Crippen LogP contribution in [0.25, 0.3) is 11.3 Å². The van der Waals surface area contributed by atoms with Gasteiger partial charge in [-0.1, -0.05) is 18.2 Å². The summed E-state index contributed by atoms with van der Waals surface area (Å²) in [4.78, 5) is 4.05. The predicted octanol–water partition coefficient (Wildman–Crippen LogP) is 4.81. The van der Waals surface area contributed by atoms with E-state index in [1.165, 1.54) is 6.07 Å². The molecule has 27 heavy (non-hydrogen) atoms. The van der Waals surface area contributed by atoms with Gasteiger partial charge in [-0.2, -0.15) is 0 Å². The first-order chi connectivity index (χ1) is 13.3. The van der Waals surface area contributed by atoms with Crippen molar-refractivity contribution < 1.29 is 19.1 Å². The Morgan fingerprint density at radius 1 is 0.926 bits per heavy atom. The highest BCUT2D eigenvalue weighted by atomic mass is 16.5. The van der Waals surface area contributed by atoms with Crippen molar-refractivity contribution in [3.63, 3.8) is 0 Å². The van der Waals surface area contributed by atoms with Crippen molar-refractivity contribution in [3.05, 3.63) is 84.7 Å². The van der Waals surface area contributed by atoms with Crippen LogP contribution in [0.2, 0.25) is 0 Å². The summed E-state index contributed by atoms with van der Waals surface area (Å²) in [7, 11) is 0. The second-order valence-corrected chi connectivity index (χ2v) is 5.76. The summed E-state index contributed by atoms with van der Waals surface area (Å²) in [5, 5.41) is 12.7. The molecule has 4 aromatic rings. The monoisotopic (exact) mass is 360 g/mol. The molecule has 4 rings (SSSR count). The number of aromatic hydroxyl groups is 1. The molecule has 0 atom stereocenters. The van der Waals surface area contributed by atoms with Gasteiger partial charge in [0.15, 0.2) is 5.76 Å². The number of ether oxygens (including phenoxy) is 2. The molecule has 2 heterocycles. The largest absolute Gasteiger partial charge is 0.491 e. The fourth-order valence-corrected chi connectivity index (χ4v) is 2.54. The van der Waals surface area contributed by atoms with E-state index in [1.54, 1.807) is 12.4 Å². The molecular weight excluding hydrogens is 344 g/mol. The molecule has 134 valence electrons. The summed E-state index contributed by atoms with van der Waals surface area (Å²) in [5.41, 5.74) is 1.72. The summed E-state index contributed by atoms with van der Waals surface area (Å²) in [5.74, 6) is 2.45. The summed E-state index contributed by atoms with van der Waals surface area (Å²) in [6, 6.07) is 20.2. The molecule has 2 aromatic heterocycles. The lowest BCUT2D eigenvalue weighted by Gasteiger charge is -2.12. The first kappa shape index (κ1) is 16.7. The van der Waals surface area contributed by atoms with Crippen LogP contribution in [0.4, 0.5) is 0 Å². The molecule has 0 aliphatic heterocycles. The normalized spacial score (nSPS) is 10.5. The zero-order valence-electron chi connectivity index (χ0n) is 14.3. The highest BCUT2D eigenvalue weighted by Crippen LogP contribution is 2.28. The van der Waals surface area contributed by atoms with Crippen LogP contribution in [0.1, 0.15) is 5.56 Å². The Hall–Kier alpha value is -3.80. The van der Waals surface area contributed by atoms with Crippen LogP contribution in [-0.2, 0) is 6.61 Å². The fraction of sp³-hybridized carbons (Fsp3) is 0.0476. The topological polar surface area (TPSA) is 77.6 Å². The average molecular weight is 360 g/mol. The molecule has 2 aromatic carbocycles. The van der Waals surface area contributed by atoms with Crippen LogP contribution >= 0.6 is 0 Å². The molecular formula is C21H16N2O4. The van der Waals surface area contributed by atoms with Gasteiger partial charge in [0.25, 0.3) is 5.88 Å². The van der Waals surface area contributed by atoms with E-state index in [1.807, 2.05) is 60.7 Å². The minimum Gasteiger partial charge on any atom is -0.491 e. The van der Waals surface area contributed by atoms with Gasteiger partial charge in [0.05, 0.1) is 6.20 Å². The SMILES string of the molecule is Oc1cc(-c2ccc(OCc3ccccc3Oc3cccnc3)cc2)on1. The van der Waals surface area contributed by atoms with Crippen LogP contribution in [0, 0.1) is 0 Å². The summed E-state index contributed by atoms with van der Waals surface area (Å²) in [6.07, 6.45) is 3.36. The van der Waals surface area contributed by atoms with Crippen molar-refractivity contribution in [3.8, 4) is 34.5 Å². The molecule has 0 aliphatic carbocycles. The molecule has 0 bridgehead atoms. The standard InChI is InChI=1S/C21H16N2O4/c24-21-12-20(27-23-21)15-7-9-17(10-8-15)25-14-16-4-1-2-6-19(16)26-18-5-3-11-22-13-18/h1-13H,14H2,(H,23,24). The van der Waals surface area contributed by atoms with E-state index in [0.717, 1.165) is 16.9 Å². The van der Waals surface area contributed by atoms with E-state index >= 15 is 0 Å². The minimum absolute atomic E-state index is 0.143. The van der Waals surface area contributed by atoms with Gasteiger partial charge >= 0.3 is 0 Å². The van der Waals surface area contributed by atoms with Crippen LogP contribution in [0.5, 0.6) is 23.1 Å². The van der Waals surface area contributed by atoms with Crippen LogP contribution in [-0.4, -0.2) is 15.2 Å². The van der Waals surface area contributed by atoms with Gasteiger partial charge in [-0.25, -0.2) is 0 Å². The quantitative estimate of drug-likeness (QED) is 0.531. The molecule has 0 radical (unpaired) electrons. The third kappa shape index (κ3) is 4.07. The van der Waals surface area contributed by atoms with E-state index in [9.17, 15) is 5.11 Å². The van der Waals surface area contributed by atoms with E-state index in [4.69, 9.17) is 14.0 Å².